The highest BCUT2D eigenvalue weighted by atomic mass is 16.3. The summed E-state index contributed by atoms with van der Waals surface area (Å²) in [7, 11) is 0. The average molecular weight is 308 g/mol. The van der Waals surface area contributed by atoms with Crippen molar-refractivity contribution in [3.05, 3.63) is 70.8 Å². The number of rotatable bonds is 3. The molecule has 1 aliphatic heterocycles. The summed E-state index contributed by atoms with van der Waals surface area (Å²) in [6.45, 7) is 0. The van der Waals surface area contributed by atoms with Crippen LogP contribution in [0.5, 0.6) is 0 Å². The van der Waals surface area contributed by atoms with Gasteiger partial charge < -0.3 is 5.73 Å². The number of nitrogens with one attached hydrogen (secondary N) is 2. The van der Waals surface area contributed by atoms with Crippen molar-refractivity contribution >= 4 is 23.0 Å². The standard InChI is InChI=1S/C16H13N5O2/c17-16(18)10-3-5-11(6-4-10)19-20-13-7-8-14(22)15-12(13)2-1-9-21(15)23/h1-9,15H,(H3-,17,18,19,22,23)/p+1. The second-order valence-electron chi connectivity index (χ2n) is 5.06. The Bertz CT molecular complexity index is 815. The van der Waals surface area contributed by atoms with Gasteiger partial charge in [-0.05, 0) is 42.5 Å². The summed E-state index contributed by atoms with van der Waals surface area (Å²) in [5, 5.41) is 11.6. The van der Waals surface area contributed by atoms with E-state index in [2.05, 4.69) is 10.5 Å². The first-order valence-corrected chi connectivity index (χ1v) is 6.90. The van der Waals surface area contributed by atoms with Gasteiger partial charge in [-0.3, -0.25) is 15.6 Å². The molecule has 0 aromatic heterocycles. The summed E-state index contributed by atoms with van der Waals surface area (Å²) in [4.78, 5) is 23.6. The molecule has 1 unspecified atom stereocenters. The lowest BCUT2D eigenvalue weighted by Gasteiger charge is -2.16. The van der Waals surface area contributed by atoms with Gasteiger partial charge in [0.25, 0.3) is 6.04 Å². The van der Waals surface area contributed by atoms with Crippen LogP contribution in [0.2, 0.25) is 0 Å². The van der Waals surface area contributed by atoms with Gasteiger partial charge in [-0.2, -0.15) is 5.10 Å². The lowest BCUT2D eigenvalue weighted by molar-refractivity contribution is -0.496. The molecule has 1 aliphatic carbocycles. The number of hydrogen-bond acceptors (Lipinski definition) is 5. The van der Waals surface area contributed by atoms with Crippen molar-refractivity contribution < 1.29 is 9.55 Å². The van der Waals surface area contributed by atoms with Gasteiger partial charge in [0.15, 0.2) is 0 Å². The number of hydrogen-bond donors (Lipinski definition) is 3. The van der Waals surface area contributed by atoms with E-state index < -0.39 is 6.04 Å². The molecule has 114 valence electrons. The molecule has 3 rings (SSSR count). The van der Waals surface area contributed by atoms with Crippen LogP contribution in [0.3, 0.4) is 0 Å². The molecule has 0 bridgehead atoms. The minimum absolute atomic E-state index is 0.00545. The second-order valence-corrected chi connectivity index (χ2v) is 5.06. The highest BCUT2D eigenvalue weighted by Gasteiger charge is 2.40. The molecule has 0 saturated heterocycles. The molecule has 1 aromatic rings. The lowest BCUT2D eigenvalue weighted by atomic mass is 9.91. The maximum atomic E-state index is 11.8. The van der Waals surface area contributed by atoms with Crippen molar-refractivity contribution in [1.29, 1.82) is 5.41 Å². The van der Waals surface area contributed by atoms with Gasteiger partial charge in [-0.25, -0.2) is 0 Å². The fourth-order valence-electron chi connectivity index (χ4n) is 2.35. The Morgan fingerprint density at radius 2 is 2.00 bits per heavy atom. The third-order valence-electron chi connectivity index (χ3n) is 3.53. The molecule has 2 aliphatic rings. The van der Waals surface area contributed by atoms with Crippen molar-refractivity contribution in [1.82, 2.24) is 0 Å². The van der Waals surface area contributed by atoms with Crippen LogP contribution in [0.15, 0.2) is 65.4 Å². The SMILES string of the molecule is N=C(N)c1ccc(N/N=C2\C=CC(=O)C3C2=CC=C[N+]3=O)cc1. The number of carbonyl (C=O) groups is 1. The van der Waals surface area contributed by atoms with Gasteiger partial charge in [0.2, 0.25) is 12.0 Å². The summed E-state index contributed by atoms with van der Waals surface area (Å²) in [5.41, 5.74) is 10.7. The Morgan fingerprint density at radius 1 is 1.26 bits per heavy atom. The van der Waals surface area contributed by atoms with Crippen LogP contribution in [0.25, 0.3) is 0 Å². The predicted octanol–water partition coefficient (Wildman–Crippen LogP) is 1.48. The number of amidine groups is 1. The van der Waals surface area contributed by atoms with Crippen LogP contribution >= 0.6 is 0 Å². The van der Waals surface area contributed by atoms with Crippen LogP contribution < -0.4 is 11.2 Å². The van der Waals surface area contributed by atoms with Crippen molar-refractivity contribution in [2.75, 3.05) is 5.43 Å². The normalized spacial score (nSPS) is 21.1. The van der Waals surface area contributed by atoms with E-state index in [9.17, 15) is 9.70 Å². The third kappa shape index (κ3) is 2.84. The predicted molar refractivity (Wildman–Crippen MR) is 87.3 cm³/mol. The molecule has 0 amide bonds. The van der Waals surface area contributed by atoms with Crippen molar-refractivity contribution in [3.8, 4) is 0 Å². The van der Waals surface area contributed by atoms with Crippen molar-refractivity contribution in [3.63, 3.8) is 0 Å². The molecule has 0 saturated carbocycles. The molecule has 7 nitrogen and oxygen atoms in total. The first-order chi connectivity index (χ1) is 11.1. The smallest absolute Gasteiger partial charge is 0.295 e. The second kappa shape index (κ2) is 5.80. The zero-order valence-corrected chi connectivity index (χ0v) is 12.1. The first-order valence-electron chi connectivity index (χ1n) is 6.90. The molecule has 23 heavy (non-hydrogen) atoms. The number of hydrazone groups is 1. The number of ketones is 1. The molecule has 0 radical (unpaired) electrons. The van der Waals surface area contributed by atoms with Gasteiger partial charge in [0, 0.05) is 21.3 Å². The largest absolute Gasteiger partial charge is 0.384 e. The Kier molecular flexibility index (Phi) is 3.68. The van der Waals surface area contributed by atoms with E-state index in [4.69, 9.17) is 11.1 Å². The molecule has 1 atom stereocenters. The summed E-state index contributed by atoms with van der Waals surface area (Å²) in [6, 6.07) is 6.02. The van der Waals surface area contributed by atoms with Gasteiger partial charge in [-0.15, -0.1) is 0 Å². The molecule has 7 heteroatoms. The van der Waals surface area contributed by atoms with E-state index in [-0.39, 0.29) is 11.6 Å². The molecular formula is C16H14N5O2+. The summed E-state index contributed by atoms with van der Waals surface area (Å²) < 4.78 is 0.623. The molecule has 1 aromatic carbocycles. The maximum absolute atomic E-state index is 11.8. The molecular weight excluding hydrogens is 294 g/mol. The Hall–Kier alpha value is -3.35. The Morgan fingerprint density at radius 3 is 2.70 bits per heavy atom. The number of nitrogens with two attached hydrogens (primary N) is 1. The van der Waals surface area contributed by atoms with Crippen LogP contribution in [-0.2, 0) is 4.79 Å². The fourth-order valence-corrected chi connectivity index (χ4v) is 2.35. The minimum Gasteiger partial charge on any atom is -0.384 e. The first kappa shape index (κ1) is 14.6. The minimum atomic E-state index is -0.870. The van der Waals surface area contributed by atoms with Gasteiger partial charge in [0.05, 0.1) is 17.0 Å². The zero-order chi connectivity index (χ0) is 16.4. The zero-order valence-electron chi connectivity index (χ0n) is 12.1. The number of nitrogen functional groups attached to an aromatic ring is 1. The third-order valence-corrected chi connectivity index (χ3v) is 3.53. The number of anilines is 1. The quantitative estimate of drug-likeness (QED) is 0.340. The molecule has 4 N–H and O–H groups in total. The van der Waals surface area contributed by atoms with E-state index >= 15 is 0 Å². The van der Waals surface area contributed by atoms with E-state index in [0.717, 1.165) is 0 Å². The number of nitrogens with zero attached hydrogens (tertiary/aromatic N) is 2. The highest BCUT2D eigenvalue weighted by molar-refractivity contribution is 6.20. The monoisotopic (exact) mass is 308 g/mol. The number of benzene rings is 1. The number of nitroso groups, excluding NO2 is 1. The van der Waals surface area contributed by atoms with E-state index in [1.165, 1.54) is 12.3 Å². The molecule has 1 heterocycles. The summed E-state index contributed by atoms with van der Waals surface area (Å²) >= 11 is 0. The van der Waals surface area contributed by atoms with E-state index in [1.54, 1.807) is 42.5 Å². The van der Waals surface area contributed by atoms with Crippen molar-refractivity contribution in [2.24, 2.45) is 10.8 Å². The van der Waals surface area contributed by atoms with Gasteiger partial charge >= 0.3 is 0 Å². The topological polar surface area (TPSA) is 111 Å². The van der Waals surface area contributed by atoms with Crippen LogP contribution in [0.1, 0.15) is 5.56 Å². The average Bonchev–Trinajstić information content (AvgIpc) is 2.54. The van der Waals surface area contributed by atoms with Crippen LogP contribution in [0, 0.1) is 10.3 Å². The number of allylic oxidation sites excluding steroid dienone is 3. The van der Waals surface area contributed by atoms with Crippen LogP contribution in [0.4, 0.5) is 5.69 Å². The number of carbonyl (C=O) groups excluding carboxylic acids is 1. The summed E-state index contributed by atoms with van der Waals surface area (Å²) in [5.74, 6) is -0.269. The van der Waals surface area contributed by atoms with Gasteiger partial charge in [-0.1, -0.05) is 0 Å². The Labute approximate surface area is 132 Å². The summed E-state index contributed by atoms with van der Waals surface area (Å²) in [6.07, 6.45) is 7.54. The van der Waals surface area contributed by atoms with Gasteiger partial charge in [0.1, 0.15) is 5.84 Å². The lowest BCUT2D eigenvalue weighted by Crippen LogP contribution is -2.37. The fraction of sp³-hybridized carbons (Fsp3) is 0.0625. The maximum Gasteiger partial charge on any atom is 0.295 e. The van der Waals surface area contributed by atoms with E-state index in [0.29, 0.717) is 27.3 Å². The number of fused-ring (bicyclic) bond motifs is 1. The van der Waals surface area contributed by atoms with Crippen LogP contribution in [-0.4, -0.2) is 28.1 Å². The van der Waals surface area contributed by atoms with Crippen molar-refractivity contribution in [2.45, 2.75) is 6.04 Å². The molecule has 0 spiro atoms. The molecule has 0 fully saturated rings. The van der Waals surface area contributed by atoms with E-state index in [1.807, 2.05) is 0 Å². The Balaban J connectivity index is 1.84. The highest BCUT2D eigenvalue weighted by Crippen LogP contribution is 2.21.